The van der Waals surface area contributed by atoms with E-state index in [0.717, 1.165) is 11.3 Å². The molecule has 4 rings (SSSR count). The summed E-state index contributed by atoms with van der Waals surface area (Å²) in [6.07, 6.45) is 1.12. The number of fused-ring (bicyclic) bond motifs is 1. The van der Waals surface area contributed by atoms with Crippen LogP contribution in [0.2, 0.25) is 0 Å². The number of amides is 1. The molecular formula is C23H21N3O3. The van der Waals surface area contributed by atoms with Crippen molar-refractivity contribution in [3.05, 3.63) is 89.2 Å². The zero-order valence-electron chi connectivity index (χ0n) is 16.3. The SMILES string of the molecule is CCOC(=O)c1ccccc1NC1c2ncccc2C(=O)N1c1ccc(C)cc1. The number of rotatable bonds is 5. The second kappa shape index (κ2) is 7.75. The van der Waals surface area contributed by atoms with Crippen LogP contribution in [0.25, 0.3) is 0 Å². The number of esters is 1. The number of pyridine rings is 1. The number of carbonyl (C=O) groups is 2. The Labute approximate surface area is 169 Å². The maximum Gasteiger partial charge on any atom is 0.340 e. The Hall–Kier alpha value is -3.67. The Bertz CT molecular complexity index is 1060. The molecule has 1 atom stereocenters. The fourth-order valence-corrected chi connectivity index (χ4v) is 3.43. The summed E-state index contributed by atoms with van der Waals surface area (Å²) in [7, 11) is 0. The van der Waals surface area contributed by atoms with E-state index in [1.807, 2.05) is 37.3 Å². The Morgan fingerprint density at radius 3 is 2.62 bits per heavy atom. The molecule has 6 nitrogen and oxygen atoms in total. The summed E-state index contributed by atoms with van der Waals surface area (Å²) in [6, 6.07) is 18.4. The summed E-state index contributed by atoms with van der Waals surface area (Å²) in [5.41, 5.74) is 4.02. The van der Waals surface area contributed by atoms with Crippen molar-refractivity contribution < 1.29 is 14.3 Å². The maximum absolute atomic E-state index is 13.2. The molecule has 0 saturated carbocycles. The largest absolute Gasteiger partial charge is 0.462 e. The van der Waals surface area contributed by atoms with Gasteiger partial charge in [-0.1, -0.05) is 29.8 Å². The fourth-order valence-electron chi connectivity index (χ4n) is 3.43. The van der Waals surface area contributed by atoms with Gasteiger partial charge in [-0.05, 0) is 50.2 Å². The van der Waals surface area contributed by atoms with Crippen molar-refractivity contribution in [2.45, 2.75) is 20.0 Å². The highest BCUT2D eigenvalue weighted by atomic mass is 16.5. The van der Waals surface area contributed by atoms with E-state index < -0.39 is 12.1 Å². The highest BCUT2D eigenvalue weighted by Gasteiger charge is 2.39. The Morgan fingerprint density at radius 2 is 1.86 bits per heavy atom. The smallest absolute Gasteiger partial charge is 0.340 e. The van der Waals surface area contributed by atoms with E-state index in [0.29, 0.717) is 22.5 Å². The van der Waals surface area contributed by atoms with Gasteiger partial charge in [-0.25, -0.2) is 4.79 Å². The van der Waals surface area contributed by atoms with Crippen LogP contribution in [0.1, 0.15) is 45.1 Å². The lowest BCUT2D eigenvalue weighted by Crippen LogP contribution is -2.32. The van der Waals surface area contributed by atoms with E-state index in [1.54, 1.807) is 48.4 Å². The van der Waals surface area contributed by atoms with Gasteiger partial charge in [0.1, 0.15) is 0 Å². The summed E-state index contributed by atoms with van der Waals surface area (Å²) in [5.74, 6) is -0.550. The van der Waals surface area contributed by atoms with Gasteiger partial charge >= 0.3 is 5.97 Å². The second-order valence-electron chi connectivity index (χ2n) is 6.76. The Morgan fingerprint density at radius 1 is 1.10 bits per heavy atom. The van der Waals surface area contributed by atoms with Crippen LogP contribution in [0.4, 0.5) is 11.4 Å². The van der Waals surface area contributed by atoms with Gasteiger partial charge < -0.3 is 10.1 Å². The number of carbonyl (C=O) groups excluding carboxylic acids is 2. The van der Waals surface area contributed by atoms with Crippen molar-refractivity contribution >= 4 is 23.3 Å². The number of aromatic nitrogens is 1. The molecule has 29 heavy (non-hydrogen) atoms. The molecule has 0 spiro atoms. The number of anilines is 2. The summed E-state index contributed by atoms with van der Waals surface area (Å²) in [4.78, 5) is 31.7. The Kier molecular flexibility index (Phi) is 4.99. The minimum Gasteiger partial charge on any atom is -0.462 e. The number of benzene rings is 2. The van der Waals surface area contributed by atoms with Gasteiger partial charge in [0.15, 0.2) is 6.17 Å². The topological polar surface area (TPSA) is 71.5 Å². The van der Waals surface area contributed by atoms with E-state index in [4.69, 9.17) is 4.74 Å². The molecule has 146 valence electrons. The van der Waals surface area contributed by atoms with E-state index >= 15 is 0 Å². The molecule has 1 aromatic heterocycles. The van der Waals surface area contributed by atoms with Crippen molar-refractivity contribution in [2.24, 2.45) is 0 Å². The molecule has 1 unspecified atom stereocenters. The average molecular weight is 387 g/mol. The van der Waals surface area contributed by atoms with Gasteiger partial charge in [0, 0.05) is 11.9 Å². The van der Waals surface area contributed by atoms with Gasteiger partial charge in [-0.15, -0.1) is 0 Å². The molecular weight excluding hydrogens is 366 g/mol. The molecule has 1 aliphatic rings. The number of para-hydroxylation sites is 1. The first-order valence-corrected chi connectivity index (χ1v) is 9.48. The number of nitrogens with one attached hydrogen (secondary N) is 1. The monoisotopic (exact) mass is 387 g/mol. The van der Waals surface area contributed by atoms with Crippen LogP contribution in [0, 0.1) is 6.92 Å². The standard InChI is InChI=1S/C23H21N3O3/c1-3-29-23(28)17-7-4-5-9-19(17)25-21-20-18(8-6-14-24-20)22(27)26(21)16-12-10-15(2)11-13-16/h4-14,21,25H,3H2,1-2H3. The highest BCUT2D eigenvalue weighted by molar-refractivity contribution is 6.11. The fraction of sp³-hybridized carbons (Fsp3) is 0.174. The summed E-state index contributed by atoms with van der Waals surface area (Å²) >= 11 is 0. The van der Waals surface area contributed by atoms with Crippen LogP contribution in [-0.4, -0.2) is 23.5 Å². The summed E-state index contributed by atoms with van der Waals surface area (Å²) < 4.78 is 5.17. The van der Waals surface area contributed by atoms with Crippen LogP contribution in [-0.2, 0) is 4.74 Å². The van der Waals surface area contributed by atoms with Gasteiger partial charge in [0.2, 0.25) is 0 Å². The molecule has 0 aliphatic carbocycles. The second-order valence-corrected chi connectivity index (χ2v) is 6.76. The first-order valence-electron chi connectivity index (χ1n) is 9.48. The van der Waals surface area contributed by atoms with Crippen LogP contribution < -0.4 is 10.2 Å². The minimum atomic E-state index is -0.544. The first kappa shape index (κ1) is 18.7. The van der Waals surface area contributed by atoms with Crippen molar-refractivity contribution in [1.82, 2.24) is 4.98 Å². The molecule has 3 aromatic rings. The van der Waals surface area contributed by atoms with E-state index in [1.165, 1.54) is 0 Å². The van der Waals surface area contributed by atoms with Crippen molar-refractivity contribution in [2.75, 3.05) is 16.8 Å². The van der Waals surface area contributed by atoms with Gasteiger partial charge in [-0.2, -0.15) is 0 Å². The normalized spacial score (nSPS) is 15.2. The summed E-state index contributed by atoms with van der Waals surface area (Å²) in [6.45, 7) is 4.05. The quantitative estimate of drug-likeness (QED) is 0.660. The third kappa shape index (κ3) is 3.45. The van der Waals surface area contributed by atoms with E-state index in [9.17, 15) is 9.59 Å². The number of hydrogen-bond donors (Lipinski definition) is 1. The highest BCUT2D eigenvalue weighted by Crippen LogP contribution is 2.37. The predicted molar refractivity (Wildman–Crippen MR) is 111 cm³/mol. The molecule has 0 saturated heterocycles. The van der Waals surface area contributed by atoms with Crippen LogP contribution >= 0.6 is 0 Å². The molecule has 0 radical (unpaired) electrons. The zero-order valence-corrected chi connectivity index (χ0v) is 16.3. The van der Waals surface area contributed by atoms with E-state index in [-0.39, 0.29) is 12.5 Å². The van der Waals surface area contributed by atoms with Crippen molar-refractivity contribution in [3.63, 3.8) is 0 Å². The van der Waals surface area contributed by atoms with Gasteiger partial charge in [0.05, 0.1) is 29.1 Å². The van der Waals surface area contributed by atoms with Crippen LogP contribution in [0.3, 0.4) is 0 Å². The predicted octanol–water partition coefficient (Wildman–Crippen LogP) is 4.34. The molecule has 2 aromatic carbocycles. The number of ether oxygens (including phenoxy) is 1. The number of hydrogen-bond acceptors (Lipinski definition) is 5. The summed E-state index contributed by atoms with van der Waals surface area (Å²) in [5, 5.41) is 3.34. The van der Waals surface area contributed by atoms with E-state index in [2.05, 4.69) is 10.3 Å². The molecule has 1 amide bonds. The number of aryl methyl sites for hydroxylation is 1. The van der Waals surface area contributed by atoms with Crippen LogP contribution in [0.15, 0.2) is 66.9 Å². The lowest BCUT2D eigenvalue weighted by atomic mass is 10.1. The molecule has 6 heteroatoms. The van der Waals surface area contributed by atoms with Crippen molar-refractivity contribution in [3.8, 4) is 0 Å². The molecule has 1 N–H and O–H groups in total. The first-order chi connectivity index (χ1) is 14.1. The molecule has 2 heterocycles. The Balaban J connectivity index is 1.77. The minimum absolute atomic E-state index is 0.136. The van der Waals surface area contributed by atoms with Gasteiger partial charge in [0.25, 0.3) is 5.91 Å². The average Bonchev–Trinajstić information content (AvgIpc) is 3.01. The maximum atomic E-state index is 13.2. The third-order valence-corrected chi connectivity index (χ3v) is 4.83. The lowest BCUT2D eigenvalue weighted by molar-refractivity contribution is 0.0527. The van der Waals surface area contributed by atoms with Crippen molar-refractivity contribution in [1.29, 1.82) is 0 Å². The number of nitrogens with zero attached hydrogens (tertiary/aromatic N) is 2. The van der Waals surface area contributed by atoms with Crippen LogP contribution in [0.5, 0.6) is 0 Å². The lowest BCUT2D eigenvalue weighted by Gasteiger charge is -2.27. The zero-order chi connectivity index (χ0) is 20.4. The molecule has 1 aliphatic heterocycles. The molecule has 0 bridgehead atoms. The molecule has 0 fully saturated rings. The van der Waals surface area contributed by atoms with Gasteiger partial charge in [-0.3, -0.25) is 14.7 Å². The third-order valence-electron chi connectivity index (χ3n) is 4.83.